The number of hydrogen-bond donors (Lipinski definition) is 1. The summed E-state index contributed by atoms with van der Waals surface area (Å²) >= 11 is 12.2. The highest BCUT2D eigenvalue weighted by Crippen LogP contribution is 2.64. The minimum atomic E-state index is -0.939. The van der Waals surface area contributed by atoms with Crippen molar-refractivity contribution in [3.63, 3.8) is 0 Å². The summed E-state index contributed by atoms with van der Waals surface area (Å²) in [5, 5.41) is 5.41. The zero-order chi connectivity index (χ0) is 14.8. The summed E-state index contributed by atoms with van der Waals surface area (Å²) in [5.74, 6) is -0.105. The maximum atomic E-state index is 12.5. The van der Waals surface area contributed by atoms with Gasteiger partial charge in [0.05, 0.1) is 5.41 Å². The number of hydrogen-bond acceptors (Lipinski definition) is 1. The lowest BCUT2D eigenvalue weighted by Gasteiger charge is -2.15. The maximum Gasteiger partial charge on any atom is 0.233 e. The van der Waals surface area contributed by atoms with E-state index in [1.54, 1.807) is 0 Å². The third kappa shape index (κ3) is 1.82. The Morgan fingerprint density at radius 2 is 1.81 bits per heavy atom. The fraction of sp³-hybridized carbons (Fsp3) is 0.353. The molecule has 2 aromatic rings. The molecule has 1 unspecified atom stereocenters. The summed E-state index contributed by atoms with van der Waals surface area (Å²) in [4.78, 5) is 12.5. The summed E-state index contributed by atoms with van der Waals surface area (Å²) in [6.45, 7) is 1.81. The number of rotatable bonds is 2. The molecule has 4 rings (SSSR count). The second-order valence-corrected chi connectivity index (χ2v) is 7.76. The lowest BCUT2D eigenvalue weighted by Crippen LogP contribution is -2.26. The number of anilines is 1. The van der Waals surface area contributed by atoms with Crippen molar-refractivity contribution in [1.82, 2.24) is 0 Å². The van der Waals surface area contributed by atoms with Crippen LogP contribution in [0.3, 0.4) is 0 Å². The maximum absolute atomic E-state index is 12.5. The van der Waals surface area contributed by atoms with Gasteiger partial charge >= 0.3 is 0 Å². The number of benzene rings is 2. The number of halogens is 2. The van der Waals surface area contributed by atoms with E-state index in [0.717, 1.165) is 23.9 Å². The lowest BCUT2D eigenvalue weighted by molar-refractivity contribution is -0.120. The number of aryl methyl sites for hydroxylation is 2. The zero-order valence-corrected chi connectivity index (χ0v) is 13.2. The van der Waals surface area contributed by atoms with Crippen LogP contribution in [-0.4, -0.2) is 10.2 Å². The Morgan fingerprint density at radius 1 is 1.14 bits per heavy atom. The van der Waals surface area contributed by atoms with Crippen molar-refractivity contribution in [1.29, 1.82) is 0 Å². The number of amides is 1. The Morgan fingerprint density at radius 3 is 2.48 bits per heavy atom. The average molecular weight is 320 g/mol. The van der Waals surface area contributed by atoms with Crippen LogP contribution >= 0.6 is 23.2 Å². The molecule has 21 heavy (non-hydrogen) atoms. The zero-order valence-electron chi connectivity index (χ0n) is 11.7. The van der Waals surface area contributed by atoms with Crippen LogP contribution in [0.2, 0.25) is 0 Å². The lowest BCUT2D eigenvalue weighted by atomic mass is 10.0. The molecule has 2 nitrogen and oxygen atoms in total. The molecule has 2 aliphatic carbocycles. The van der Waals surface area contributed by atoms with Crippen LogP contribution in [0.15, 0.2) is 30.3 Å². The van der Waals surface area contributed by atoms with Crippen molar-refractivity contribution in [3.05, 3.63) is 41.5 Å². The molecule has 2 aliphatic rings. The van der Waals surface area contributed by atoms with Gasteiger partial charge in [-0.15, -0.1) is 23.2 Å². The average Bonchev–Trinajstić information content (AvgIpc) is 2.81. The monoisotopic (exact) mass is 319 g/mol. The van der Waals surface area contributed by atoms with Crippen molar-refractivity contribution >= 4 is 45.6 Å². The van der Waals surface area contributed by atoms with Gasteiger partial charge in [0.2, 0.25) is 5.91 Å². The number of carbonyl (C=O) groups excluding carboxylic acids is 1. The molecule has 2 aromatic carbocycles. The molecule has 0 bridgehead atoms. The van der Waals surface area contributed by atoms with E-state index in [9.17, 15) is 4.79 Å². The first-order valence-electron chi connectivity index (χ1n) is 7.15. The normalized spacial score (nSPS) is 25.1. The van der Waals surface area contributed by atoms with Crippen molar-refractivity contribution in [3.8, 4) is 0 Å². The van der Waals surface area contributed by atoms with Gasteiger partial charge in [0, 0.05) is 11.1 Å². The first-order valence-corrected chi connectivity index (χ1v) is 7.91. The Bertz CT molecular complexity index is 773. The molecule has 0 aliphatic heterocycles. The number of carbonyl (C=O) groups is 1. The second kappa shape index (κ2) is 4.15. The summed E-state index contributed by atoms with van der Waals surface area (Å²) in [5.41, 5.74) is 2.87. The minimum absolute atomic E-state index is 0.105. The molecule has 0 saturated heterocycles. The molecule has 0 aromatic heterocycles. The van der Waals surface area contributed by atoms with E-state index in [-0.39, 0.29) is 5.91 Å². The molecule has 1 fully saturated rings. The van der Waals surface area contributed by atoms with Gasteiger partial charge in [0.25, 0.3) is 0 Å². The highest BCUT2D eigenvalue weighted by Gasteiger charge is 2.67. The van der Waals surface area contributed by atoms with Crippen molar-refractivity contribution < 1.29 is 4.79 Å². The molecular formula is C17H15Cl2NO. The van der Waals surface area contributed by atoms with E-state index >= 15 is 0 Å². The minimum Gasteiger partial charge on any atom is -0.325 e. The highest BCUT2D eigenvalue weighted by atomic mass is 35.5. The molecule has 4 heteroatoms. The van der Waals surface area contributed by atoms with Crippen LogP contribution in [0.4, 0.5) is 5.69 Å². The van der Waals surface area contributed by atoms with E-state index in [1.165, 1.54) is 16.5 Å². The Kier molecular flexibility index (Phi) is 2.65. The molecule has 108 valence electrons. The van der Waals surface area contributed by atoms with Gasteiger partial charge < -0.3 is 5.32 Å². The predicted molar refractivity (Wildman–Crippen MR) is 87.1 cm³/mol. The molecule has 0 heterocycles. The Hall–Kier alpha value is -1.25. The third-order valence-corrected chi connectivity index (χ3v) is 5.99. The quantitative estimate of drug-likeness (QED) is 0.813. The van der Waals surface area contributed by atoms with Gasteiger partial charge in [0.15, 0.2) is 0 Å². The van der Waals surface area contributed by atoms with E-state index in [4.69, 9.17) is 23.2 Å². The van der Waals surface area contributed by atoms with Crippen LogP contribution in [0.5, 0.6) is 0 Å². The highest BCUT2D eigenvalue weighted by molar-refractivity contribution is 6.53. The Balaban J connectivity index is 1.75. The molecular weight excluding hydrogens is 305 g/mol. The first-order chi connectivity index (χ1) is 9.92. The van der Waals surface area contributed by atoms with Gasteiger partial charge in [-0.3, -0.25) is 4.79 Å². The van der Waals surface area contributed by atoms with Crippen LogP contribution in [0.25, 0.3) is 10.8 Å². The van der Waals surface area contributed by atoms with Crippen molar-refractivity contribution in [2.24, 2.45) is 5.41 Å². The number of alkyl halides is 2. The van der Waals surface area contributed by atoms with Crippen LogP contribution in [0.1, 0.15) is 24.5 Å². The van der Waals surface area contributed by atoms with Gasteiger partial charge in [0.1, 0.15) is 4.33 Å². The molecule has 0 radical (unpaired) electrons. The summed E-state index contributed by atoms with van der Waals surface area (Å²) in [6, 6.07) is 10.4. The molecule has 1 amide bonds. The fourth-order valence-corrected chi connectivity index (χ4v) is 3.97. The topological polar surface area (TPSA) is 29.1 Å². The molecule has 0 spiro atoms. The molecule has 1 N–H and O–H groups in total. The van der Waals surface area contributed by atoms with E-state index in [1.807, 2.05) is 13.0 Å². The first kappa shape index (κ1) is 13.4. The number of nitrogens with one attached hydrogen (secondary N) is 1. The summed E-state index contributed by atoms with van der Waals surface area (Å²) in [6.07, 6.45) is 2.65. The second-order valence-electron chi connectivity index (χ2n) is 6.28. The van der Waals surface area contributed by atoms with Gasteiger partial charge in [-0.05, 0) is 48.8 Å². The molecule has 1 atom stereocenters. The van der Waals surface area contributed by atoms with E-state index < -0.39 is 9.75 Å². The van der Waals surface area contributed by atoms with Crippen LogP contribution in [0, 0.1) is 5.41 Å². The third-order valence-electron chi connectivity index (χ3n) is 4.88. The smallest absolute Gasteiger partial charge is 0.233 e. The fourth-order valence-electron chi connectivity index (χ4n) is 3.26. The van der Waals surface area contributed by atoms with E-state index in [2.05, 4.69) is 29.6 Å². The van der Waals surface area contributed by atoms with Gasteiger partial charge in [-0.25, -0.2) is 0 Å². The standard InChI is InChI=1S/C17H15Cl2NO/c1-16(9-17(16,18)19)15(21)20-13-8-7-11-6-5-10-3-2-4-12(13)14(10)11/h2-4,7-8H,5-6,9H2,1H3,(H,20,21). The van der Waals surface area contributed by atoms with Gasteiger partial charge in [-0.2, -0.15) is 0 Å². The van der Waals surface area contributed by atoms with Gasteiger partial charge in [-0.1, -0.05) is 24.3 Å². The summed E-state index contributed by atoms with van der Waals surface area (Å²) in [7, 11) is 0. The van der Waals surface area contributed by atoms with E-state index in [0.29, 0.717) is 6.42 Å². The molecule has 1 saturated carbocycles. The Labute approximate surface area is 133 Å². The predicted octanol–water partition coefficient (Wildman–Crippen LogP) is 4.46. The van der Waals surface area contributed by atoms with Crippen molar-refractivity contribution in [2.45, 2.75) is 30.5 Å². The largest absolute Gasteiger partial charge is 0.325 e. The van der Waals surface area contributed by atoms with Crippen LogP contribution < -0.4 is 5.32 Å². The van der Waals surface area contributed by atoms with Crippen LogP contribution in [-0.2, 0) is 17.6 Å². The van der Waals surface area contributed by atoms with Crippen molar-refractivity contribution in [2.75, 3.05) is 5.32 Å². The SMILES string of the molecule is CC1(C(=O)Nc2ccc3c4c(cccc24)CC3)CC1(Cl)Cl. The summed E-state index contributed by atoms with van der Waals surface area (Å²) < 4.78 is -0.939.